The van der Waals surface area contributed by atoms with E-state index in [1.54, 1.807) is 0 Å². The van der Waals surface area contributed by atoms with Crippen LogP contribution in [0, 0.1) is 0 Å². The van der Waals surface area contributed by atoms with Gasteiger partial charge in [0.15, 0.2) is 0 Å². The largest absolute Gasteiger partial charge is 0.456 e. The highest BCUT2D eigenvalue weighted by Crippen LogP contribution is 2.55. The second-order valence-electron chi connectivity index (χ2n) is 16.5. The molecule has 1 aliphatic carbocycles. The summed E-state index contributed by atoms with van der Waals surface area (Å²) in [5, 5.41) is 9.72. The van der Waals surface area contributed by atoms with Crippen molar-refractivity contribution >= 4 is 71.3 Å². The van der Waals surface area contributed by atoms with Gasteiger partial charge in [0.1, 0.15) is 11.2 Å². The molecular weight excluding hydrogens is 715 g/mol. The molecule has 0 N–H and O–H groups in total. The predicted molar refractivity (Wildman–Crippen MR) is 249 cm³/mol. The normalized spacial score (nSPS) is 13.1. The molecule has 278 valence electrons. The van der Waals surface area contributed by atoms with Crippen LogP contribution in [0.3, 0.4) is 0 Å². The SMILES string of the molecule is CC1(C)c2ccccc2-c2c(N(c3ccc(-c4ccc5c(ccc6ccccc65)c4)cc3)c3ccccc3-c3ccc4oc5cc6ccccc6cc5c4c3)cccc21. The minimum Gasteiger partial charge on any atom is -0.456 e. The van der Waals surface area contributed by atoms with E-state index in [-0.39, 0.29) is 5.41 Å². The molecule has 0 fully saturated rings. The number of hydrogen-bond donors (Lipinski definition) is 0. The van der Waals surface area contributed by atoms with Crippen molar-refractivity contribution in [2.45, 2.75) is 19.3 Å². The molecule has 0 radical (unpaired) electrons. The second kappa shape index (κ2) is 12.8. The van der Waals surface area contributed by atoms with Crippen molar-refractivity contribution in [1.29, 1.82) is 0 Å². The van der Waals surface area contributed by atoms with Gasteiger partial charge in [-0.15, -0.1) is 0 Å². The van der Waals surface area contributed by atoms with Gasteiger partial charge in [-0.2, -0.15) is 0 Å². The molecule has 59 heavy (non-hydrogen) atoms. The average molecular weight is 754 g/mol. The van der Waals surface area contributed by atoms with Crippen LogP contribution in [-0.4, -0.2) is 0 Å². The first-order valence-corrected chi connectivity index (χ1v) is 20.5. The summed E-state index contributed by atoms with van der Waals surface area (Å²) in [5.41, 5.74) is 15.0. The van der Waals surface area contributed by atoms with Crippen molar-refractivity contribution in [2.24, 2.45) is 0 Å². The van der Waals surface area contributed by atoms with E-state index < -0.39 is 0 Å². The first kappa shape index (κ1) is 33.7. The first-order chi connectivity index (χ1) is 29.0. The summed E-state index contributed by atoms with van der Waals surface area (Å²) in [7, 11) is 0. The Hall–Kier alpha value is -7.42. The number of anilines is 3. The van der Waals surface area contributed by atoms with E-state index in [1.807, 2.05) is 0 Å². The molecule has 1 heterocycles. The van der Waals surface area contributed by atoms with E-state index in [9.17, 15) is 0 Å². The van der Waals surface area contributed by atoms with Crippen LogP contribution in [0.4, 0.5) is 17.1 Å². The van der Waals surface area contributed by atoms with Crippen LogP contribution in [0.15, 0.2) is 205 Å². The van der Waals surface area contributed by atoms with Crippen LogP contribution < -0.4 is 4.90 Å². The van der Waals surface area contributed by atoms with Crippen molar-refractivity contribution in [1.82, 2.24) is 0 Å². The molecular formula is C57H39NO. The van der Waals surface area contributed by atoms with Gasteiger partial charge < -0.3 is 9.32 Å². The van der Waals surface area contributed by atoms with Gasteiger partial charge in [-0.1, -0.05) is 159 Å². The lowest BCUT2D eigenvalue weighted by atomic mass is 9.82. The van der Waals surface area contributed by atoms with E-state index in [2.05, 4.69) is 219 Å². The molecule has 10 aromatic carbocycles. The zero-order valence-electron chi connectivity index (χ0n) is 32.9. The minimum atomic E-state index is -0.129. The highest BCUT2D eigenvalue weighted by molar-refractivity contribution is 6.12. The van der Waals surface area contributed by atoms with Gasteiger partial charge in [0.2, 0.25) is 0 Å². The fourth-order valence-corrected chi connectivity index (χ4v) is 9.87. The standard InChI is InChI=1S/C57H39NO/c1-57(2)50-18-9-7-17-47(50)56-51(57)19-11-21-53(56)58(43-28-24-36(25-29-43)40-26-30-45-41(32-40)23-22-37-12-5-6-15-44(37)45)52-20-10-8-16-46(52)42-27-31-54-48(34-42)49-33-38-13-3-4-14-39(38)35-55(49)59-54/h3-35H,1-2H3. The topological polar surface area (TPSA) is 16.4 Å². The summed E-state index contributed by atoms with van der Waals surface area (Å²) in [6, 6.07) is 73.4. The summed E-state index contributed by atoms with van der Waals surface area (Å²) in [6.45, 7) is 4.71. The number of benzene rings is 10. The van der Waals surface area contributed by atoms with E-state index in [1.165, 1.54) is 71.4 Å². The summed E-state index contributed by atoms with van der Waals surface area (Å²) >= 11 is 0. The van der Waals surface area contributed by atoms with Gasteiger partial charge in [-0.05, 0) is 120 Å². The van der Waals surface area contributed by atoms with Crippen LogP contribution in [0.2, 0.25) is 0 Å². The fourth-order valence-electron chi connectivity index (χ4n) is 9.87. The van der Waals surface area contributed by atoms with Crippen molar-refractivity contribution in [3.8, 4) is 33.4 Å². The quantitative estimate of drug-likeness (QED) is 0.163. The van der Waals surface area contributed by atoms with Crippen LogP contribution >= 0.6 is 0 Å². The maximum atomic E-state index is 6.45. The first-order valence-electron chi connectivity index (χ1n) is 20.5. The number of furan rings is 1. The van der Waals surface area contributed by atoms with Crippen LogP contribution in [-0.2, 0) is 5.41 Å². The number of hydrogen-bond acceptors (Lipinski definition) is 2. The second-order valence-corrected chi connectivity index (χ2v) is 16.5. The lowest BCUT2D eigenvalue weighted by Crippen LogP contribution is -2.16. The molecule has 2 nitrogen and oxygen atoms in total. The van der Waals surface area contributed by atoms with Crippen LogP contribution in [0.5, 0.6) is 0 Å². The third-order valence-electron chi connectivity index (χ3n) is 12.8. The maximum absolute atomic E-state index is 6.45. The molecule has 0 saturated carbocycles. The minimum absolute atomic E-state index is 0.129. The molecule has 0 unspecified atom stereocenters. The molecule has 0 spiro atoms. The number of rotatable bonds is 5. The summed E-state index contributed by atoms with van der Waals surface area (Å²) < 4.78 is 6.45. The van der Waals surface area contributed by atoms with Crippen molar-refractivity contribution in [2.75, 3.05) is 4.90 Å². The lowest BCUT2D eigenvalue weighted by Gasteiger charge is -2.30. The Labute approximate surface area is 343 Å². The lowest BCUT2D eigenvalue weighted by molar-refractivity contribution is 0.660. The Kier molecular flexibility index (Phi) is 7.31. The Bertz CT molecular complexity index is 3480. The molecule has 0 atom stereocenters. The van der Waals surface area contributed by atoms with E-state index in [0.717, 1.165) is 44.4 Å². The van der Waals surface area contributed by atoms with Crippen molar-refractivity contribution < 1.29 is 4.42 Å². The molecule has 0 saturated heterocycles. The Morgan fingerprint density at radius 1 is 0.373 bits per heavy atom. The summed E-state index contributed by atoms with van der Waals surface area (Å²) in [6.07, 6.45) is 0. The van der Waals surface area contributed by atoms with E-state index in [4.69, 9.17) is 4.42 Å². The van der Waals surface area contributed by atoms with Gasteiger partial charge in [0.05, 0.1) is 11.4 Å². The van der Waals surface area contributed by atoms with E-state index in [0.29, 0.717) is 0 Å². The molecule has 1 aromatic heterocycles. The van der Waals surface area contributed by atoms with Crippen molar-refractivity contribution in [3.05, 3.63) is 211 Å². The fraction of sp³-hybridized carbons (Fsp3) is 0.0526. The highest BCUT2D eigenvalue weighted by Gasteiger charge is 2.38. The average Bonchev–Trinajstić information content (AvgIpc) is 3.76. The number of para-hydroxylation sites is 1. The summed E-state index contributed by atoms with van der Waals surface area (Å²) in [5.74, 6) is 0. The number of fused-ring (bicyclic) bond motifs is 10. The van der Waals surface area contributed by atoms with Gasteiger partial charge in [-0.3, -0.25) is 0 Å². The third-order valence-corrected chi connectivity index (χ3v) is 12.8. The molecule has 1 aliphatic rings. The Morgan fingerprint density at radius 3 is 1.86 bits per heavy atom. The smallest absolute Gasteiger partial charge is 0.136 e. The molecule has 0 bridgehead atoms. The molecule has 0 amide bonds. The third kappa shape index (κ3) is 5.20. The van der Waals surface area contributed by atoms with Gasteiger partial charge in [0, 0.05) is 33.0 Å². The van der Waals surface area contributed by atoms with Crippen molar-refractivity contribution in [3.63, 3.8) is 0 Å². The molecule has 0 aliphatic heterocycles. The monoisotopic (exact) mass is 753 g/mol. The highest BCUT2D eigenvalue weighted by atomic mass is 16.3. The zero-order chi connectivity index (χ0) is 39.2. The predicted octanol–water partition coefficient (Wildman–Crippen LogP) is 16.2. The van der Waals surface area contributed by atoms with Crippen LogP contribution in [0.25, 0.3) is 87.6 Å². The van der Waals surface area contributed by atoms with E-state index >= 15 is 0 Å². The molecule has 12 rings (SSSR count). The van der Waals surface area contributed by atoms with Gasteiger partial charge in [-0.25, -0.2) is 0 Å². The zero-order valence-corrected chi connectivity index (χ0v) is 32.9. The van der Waals surface area contributed by atoms with Crippen LogP contribution in [0.1, 0.15) is 25.0 Å². The van der Waals surface area contributed by atoms with Gasteiger partial charge in [0.25, 0.3) is 0 Å². The Morgan fingerprint density at radius 2 is 1.00 bits per heavy atom. The van der Waals surface area contributed by atoms with Gasteiger partial charge >= 0.3 is 0 Å². The Balaban J connectivity index is 1.04. The number of nitrogens with zero attached hydrogens (tertiary/aromatic N) is 1. The molecule has 2 heteroatoms. The molecule has 11 aromatic rings. The summed E-state index contributed by atoms with van der Waals surface area (Å²) in [4.78, 5) is 2.48. The maximum Gasteiger partial charge on any atom is 0.136 e.